The molecule has 0 aromatic heterocycles. The number of aliphatic imine (C=N–C) groups is 2. The van der Waals surface area contributed by atoms with Crippen LogP contribution in [0.2, 0.25) is 0 Å². The van der Waals surface area contributed by atoms with E-state index >= 15 is 0 Å². The zero-order chi connectivity index (χ0) is 14.3. The van der Waals surface area contributed by atoms with Crippen LogP contribution in [0.5, 0.6) is 0 Å². The first kappa shape index (κ1) is 16.3. The molecule has 0 fully saturated rings. The highest BCUT2D eigenvalue weighted by Crippen LogP contribution is 2.28. The molecule has 100 valence electrons. The zero-order valence-electron chi connectivity index (χ0n) is 11.8. The van der Waals surface area contributed by atoms with Crippen LogP contribution in [0.1, 0.15) is 20.3 Å². The lowest BCUT2D eigenvalue weighted by Gasteiger charge is -2.33. The van der Waals surface area contributed by atoms with Gasteiger partial charge in [0.25, 0.3) is 0 Å². The van der Waals surface area contributed by atoms with Crippen LogP contribution in [0.3, 0.4) is 0 Å². The third-order valence-corrected chi connectivity index (χ3v) is 2.93. The minimum atomic E-state index is -1.29. The van der Waals surface area contributed by atoms with Gasteiger partial charge in [0.1, 0.15) is 5.84 Å². The van der Waals surface area contributed by atoms with E-state index in [0.29, 0.717) is 18.0 Å². The van der Waals surface area contributed by atoms with Crippen LogP contribution in [0, 0.1) is 0 Å². The molecule has 0 saturated carbocycles. The lowest BCUT2D eigenvalue weighted by molar-refractivity contribution is 0.133. The number of allylic oxidation sites excluding steroid dienone is 2. The molecule has 0 aromatic rings. The second kappa shape index (κ2) is 6.91. The molecule has 1 unspecified atom stereocenters. The Kier molecular flexibility index (Phi) is 6.27. The van der Waals surface area contributed by atoms with E-state index in [1.165, 1.54) is 0 Å². The van der Waals surface area contributed by atoms with Gasteiger partial charge in [-0.15, -0.1) is 0 Å². The summed E-state index contributed by atoms with van der Waals surface area (Å²) in [7, 11) is 3.40. The SMILES string of the molecule is C=C/C(C)=C(\N=C)C(O)(CC)C(=NC)N(C)C=C. The number of aliphatic hydroxyl groups is 1. The summed E-state index contributed by atoms with van der Waals surface area (Å²) in [4.78, 5) is 9.78. The largest absolute Gasteiger partial charge is 0.376 e. The molecule has 0 aliphatic heterocycles. The predicted octanol–water partition coefficient (Wildman–Crippen LogP) is 2.39. The highest BCUT2D eigenvalue weighted by molar-refractivity contribution is 5.94. The first-order valence-electron chi connectivity index (χ1n) is 5.78. The van der Waals surface area contributed by atoms with E-state index in [0.717, 1.165) is 5.57 Å². The summed E-state index contributed by atoms with van der Waals surface area (Å²) in [6.45, 7) is 14.6. The summed E-state index contributed by atoms with van der Waals surface area (Å²) in [6.07, 6.45) is 3.66. The minimum absolute atomic E-state index is 0.428. The third-order valence-electron chi connectivity index (χ3n) is 2.93. The molecule has 1 N–H and O–H groups in total. The van der Waals surface area contributed by atoms with Gasteiger partial charge in [-0.05, 0) is 31.8 Å². The first-order chi connectivity index (χ1) is 8.42. The van der Waals surface area contributed by atoms with Crippen molar-refractivity contribution in [3.8, 4) is 0 Å². The number of likely N-dealkylation sites (N-methyl/N-ethyl adjacent to an activating group) is 1. The lowest BCUT2D eigenvalue weighted by Crippen LogP contribution is -2.47. The Hall–Kier alpha value is -1.68. The van der Waals surface area contributed by atoms with E-state index < -0.39 is 5.60 Å². The van der Waals surface area contributed by atoms with Gasteiger partial charge in [0.15, 0.2) is 5.60 Å². The Labute approximate surface area is 110 Å². The van der Waals surface area contributed by atoms with Gasteiger partial charge in [0.2, 0.25) is 0 Å². The summed E-state index contributed by atoms with van der Waals surface area (Å²) >= 11 is 0. The minimum Gasteiger partial charge on any atom is -0.376 e. The second-order valence-corrected chi connectivity index (χ2v) is 3.95. The van der Waals surface area contributed by atoms with Crippen LogP contribution >= 0.6 is 0 Å². The monoisotopic (exact) mass is 249 g/mol. The maximum Gasteiger partial charge on any atom is 0.163 e. The van der Waals surface area contributed by atoms with Crippen molar-refractivity contribution in [3.63, 3.8) is 0 Å². The average molecular weight is 249 g/mol. The predicted molar refractivity (Wildman–Crippen MR) is 79.0 cm³/mol. The van der Waals surface area contributed by atoms with Crippen molar-refractivity contribution in [1.29, 1.82) is 0 Å². The highest BCUT2D eigenvalue weighted by atomic mass is 16.3. The smallest absolute Gasteiger partial charge is 0.163 e. The quantitative estimate of drug-likeness (QED) is 0.446. The van der Waals surface area contributed by atoms with E-state index in [4.69, 9.17) is 0 Å². The van der Waals surface area contributed by atoms with Crippen molar-refractivity contribution in [1.82, 2.24) is 4.90 Å². The fourth-order valence-corrected chi connectivity index (χ4v) is 1.83. The summed E-state index contributed by atoms with van der Waals surface area (Å²) in [5.41, 5.74) is -0.0557. The summed E-state index contributed by atoms with van der Waals surface area (Å²) in [5.74, 6) is 0.476. The molecule has 0 aliphatic rings. The van der Waals surface area contributed by atoms with E-state index in [-0.39, 0.29) is 0 Å². The van der Waals surface area contributed by atoms with E-state index in [2.05, 4.69) is 29.9 Å². The topological polar surface area (TPSA) is 48.2 Å². The summed E-state index contributed by atoms with van der Waals surface area (Å²) in [6, 6.07) is 0. The molecule has 0 bridgehead atoms. The molecule has 0 aliphatic carbocycles. The molecule has 1 atom stereocenters. The van der Waals surface area contributed by atoms with Gasteiger partial charge in [-0.1, -0.05) is 26.2 Å². The van der Waals surface area contributed by atoms with Gasteiger partial charge in [0, 0.05) is 14.1 Å². The lowest BCUT2D eigenvalue weighted by atomic mass is 9.91. The molecule has 0 heterocycles. The highest BCUT2D eigenvalue weighted by Gasteiger charge is 2.38. The number of hydrogen-bond acceptors (Lipinski definition) is 3. The number of rotatable bonds is 6. The Morgan fingerprint density at radius 3 is 2.28 bits per heavy atom. The molecular formula is C14H23N3O. The molecule has 0 spiro atoms. The maximum absolute atomic E-state index is 10.9. The normalized spacial score (nSPS) is 16.4. The van der Waals surface area contributed by atoms with Crippen molar-refractivity contribution in [3.05, 3.63) is 36.7 Å². The van der Waals surface area contributed by atoms with Crippen molar-refractivity contribution >= 4 is 12.6 Å². The van der Waals surface area contributed by atoms with Gasteiger partial charge in [-0.3, -0.25) is 9.98 Å². The first-order valence-corrected chi connectivity index (χ1v) is 5.78. The van der Waals surface area contributed by atoms with Crippen LogP contribution in [0.15, 0.2) is 46.7 Å². The van der Waals surface area contributed by atoms with Crippen molar-refractivity contribution in [2.24, 2.45) is 9.98 Å². The molecular weight excluding hydrogens is 226 g/mol. The molecule has 0 radical (unpaired) electrons. The summed E-state index contributed by atoms with van der Waals surface area (Å²) in [5, 5.41) is 10.9. The van der Waals surface area contributed by atoms with Crippen LogP contribution < -0.4 is 0 Å². The Morgan fingerprint density at radius 2 is 2.00 bits per heavy atom. The molecule has 18 heavy (non-hydrogen) atoms. The molecule has 4 nitrogen and oxygen atoms in total. The fourth-order valence-electron chi connectivity index (χ4n) is 1.83. The number of amidine groups is 1. The zero-order valence-corrected chi connectivity index (χ0v) is 11.8. The average Bonchev–Trinajstić information content (AvgIpc) is 2.39. The van der Waals surface area contributed by atoms with Crippen molar-refractivity contribution in [2.75, 3.05) is 14.1 Å². The van der Waals surface area contributed by atoms with E-state index in [9.17, 15) is 5.11 Å². The van der Waals surface area contributed by atoms with Gasteiger partial charge in [-0.25, -0.2) is 0 Å². The summed E-state index contributed by atoms with van der Waals surface area (Å²) < 4.78 is 0. The standard InChI is InChI=1S/C14H23N3O/c1-8-11(4)12(15-5)14(18,9-2)13(16-6)17(7)10-3/h8,10,18H,1,3,5,9H2,2,4,6-7H3/b12-11-,16-13?. The Bertz CT molecular complexity index is 396. The third kappa shape index (κ3) is 2.96. The van der Waals surface area contributed by atoms with Crippen LogP contribution in [-0.2, 0) is 0 Å². The maximum atomic E-state index is 10.9. The number of hydrogen-bond donors (Lipinski definition) is 1. The molecule has 0 aromatic carbocycles. The van der Waals surface area contributed by atoms with Crippen LogP contribution in [-0.4, -0.2) is 42.3 Å². The Morgan fingerprint density at radius 1 is 1.44 bits per heavy atom. The Balaban J connectivity index is 5.97. The van der Waals surface area contributed by atoms with Crippen LogP contribution in [0.4, 0.5) is 0 Å². The molecule has 0 amide bonds. The van der Waals surface area contributed by atoms with E-state index in [1.807, 2.05) is 13.8 Å². The van der Waals surface area contributed by atoms with Gasteiger partial charge < -0.3 is 10.0 Å². The van der Waals surface area contributed by atoms with Gasteiger partial charge in [0.05, 0.1) is 5.70 Å². The second-order valence-electron chi connectivity index (χ2n) is 3.95. The van der Waals surface area contributed by atoms with Crippen LogP contribution in [0.25, 0.3) is 0 Å². The van der Waals surface area contributed by atoms with Crippen molar-refractivity contribution in [2.45, 2.75) is 25.9 Å². The molecule has 0 saturated heterocycles. The number of nitrogens with zero attached hydrogens (tertiary/aromatic N) is 3. The van der Waals surface area contributed by atoms with Crippen molar-refractivity contribution < 1.29 is 5.11 Å². The van der Waals surface area contributed by atoms with E-state index in [1.54, 1.807) is 31.3 Å². The fraction of sp³-hybridized carbons (Fsp3) is 0.429. The molecule has 0 rings (SSSR count). The van der Waals surface area contributed by atoms with Gasteiger partial charge >= 0.3 is 0 Å². The molecule has 4 heteroatoms. The van der Waals surface area contributed by atoms with Gasteiger partial charge in [-0.2, -0.15) is 0 Å².